The molecule has 0 radical (unpaired) electrons. The van der Waals surface area contributed by atoms with Crippen LogP contribution < -0.4 is 16.1 Å². The van der Waals surface area contributed by atoms with Gasteiger partial charge in [0, 0.05) is 43.0 Å². The highest BCUT2D eigenvalue weighted by atomic mass is 19.1. The number of halogens is 1. The molecule has 2 aromatic rings. The second kappa shape index (κ2) is 6.70. The van der Waals surface area contributed by atoms with E-state index in [9.17, 15) is 9.18 Å². The van der Waals surface area contributed by atoms with E-state index < -0.39 is 6.04 Å². The topological polar surface area (TPSA) is 56.4 Å². The summed E-state index contributed by atoms with van der Waals surface area (Å²) >= 11 is 0. The van der Waals surface area contributed by atoms with Crippen LogP contribution in [0.4, 0.5) is 15.8 Å². The molecule has 1 amide bonds. The van der Waals surface area contributed by atoms with Crippen molar-refractivity contribution in [3.05, 3.63) is 58.9 Å². The Balaban J connectivity index is 1.46. The Bertz CT molecular complexity index is 823. The van der Waals surface area contributed by atoms with Crippen LogP contribution in [0.3, 0.4) is 0 Å². The fraction of sp³-hybridized carbons (Fsp3) is 0.350. The Morgan fingerprint density at radius 1 is 1.31 bits per heavy atom. The lowest BCUT2D eigenvalue weighted by atomic mass is 10.0. The second-order valence-corrected chi connectivity index (χ2v) is 7.13. The largest absolute Gasteiger partial charge is 0.373 e. The van der Waals surface area contributed by atoms with Crippen molar-refractivity contribution in [3.8, 4) is 0 Å². The van der Waals surface area contributed by atoms with E-state index in [1.165, 1.54) is 6.07 Å². The zero-order valence-electron chi connectivity index (χ0n) is 15.0. The summed E-state index contributed by atoms with van der Waals surface area (Å²) < 4.78 is 14.0. The standard InChI is InChI=1S/C20H23FN4O/c1-12-6-7-16(21)15-11-18(23-19(12)15)20(26)22-14-5-3-4-13(10-14)17-8-9-25(2)24-17/h3-7,10,17-18,23-24H,8-9,11H2,1-2H3,(H,22,26). The van der Waals surface area contributed by atoms with Crippen LogP contribution in [-0.4, -0.2) is 30.6 Å². The van der Waals surface area contributed by atoms with Gasteiger partial charge in [0.05, 0.1) is 0 Å². The van der Waals surface area contributed by atoms with E-state index in [-0.39, 0.29) is 17.8 Å². The monoisotopic (exact) mass is 354 g/mol. The minimum atomic E-state index is -0.458. The highest BCUT2D eigenvalue weighted by Crippen LogP contribution is 2.32. The Morgan fingerprint density at radius 2 is 2.15 bits per heavy atom. The van der Waals surface area contributed by atoms with Crippen LogP contribution in [0.1, 0.15) is 29.2 Å². The summed E-state index contributed by atoms with van der Waals surface area (Å²) in [5.41, 5.74) is 7.60. The van der Waals surface area contributed by atoms with Crippen molar-refractivity contribution in [2.45, 2.75) is 31.8 Å². The number of hydrogen-bond acceptors (Lipinski definition) is 4. The third-order valence-electron chi connectivity index (χ3n) is 5.19. The molecular weight excluding hydrogens is 331 g/mol. The number of nitrogens with zero attached hydrogens (tertiary/aromatic N) is 1. The highest BCUT2D eigenvalue weighted by molar-refractivity contribution is 5.98. The van der Waals surface area contributed by atoms with E-state index in [0.29, 0.717) is 12.0 Å². The van der Waals surface area contributed by atoms with Gasteiger partial charge in [0.1, 0.15) is 11.9 Å². The number of benzene rings is 2. The average Bonchev–Trinajstić information content (AvgIpc) is 3.26. The Hall–Kier alpha value is -2.44. The van der Waals surface area contributed by atoms with Crippen LogP contribution in [0.2, 0.25) is 0 Å². The summed E-state index contributed by atoms with van der Waals surface area (Å²) in [4.78, 5) is 12.7. The number of nitrogens with one attached hydrogen (secondary N) is 3. The van der Waals surface area contributed by atoms with Gasteiger partial charge in [0.2, 0.25) is 5.91 Å². The van der Waals surface area contributed by atoms with Crippen molar-refractivity contribution < 1.29 is 9.18 Å². The van der Waals surface area contributed by atoms with Crippen LogP contribution in [0, 0.1) is 12.7 Å². The lowest BCUT2D eigenvalue weighted by Crippen LogP contribution is -2.33. The predicted molar refractivity (Wildman–Crippen MR) is 100 cm³/mol. The fourth-order valence-corrected chi connectivity index (χ4v) is 3.75. The maximum absolute atomic E-state index is 14.0. The maximum Gasteiger partial charge on any atom is 0.247 e. The average molecular weight is 354 g/mol. The van der Waals surface area contributed by atoms with Gasteiger partial charge in [-0.2, -0.15) is 0 Å². The summed E-state index contributed by atoms with van der Waals surface area (Å²) in [6.45, 7) is 2.91. The lowest BCUT2D eigenvalue weighted by Gasteiger charge is -2.16. The quantitative estimate of drug-likeness (QED) is 0.793. The number of aryl methyl sites for hydroxylation is 1. The molecule has 136 valence electrons. The molecule has 0 aromatic heterocycles. The molecular formula is C20H23FN4O. The first-order chi connectivity index (χ1) is 12.5. The van der Waals surface area contributed by atoms with Gasteiger partial charge in [-0.25, -0.2) is 14.8 Å². The van der Waals surface area contributed by atoms with Crippen molar-refractivity contribution in [2.24, 2.45) is 0 Å². The van der Waals surface area contributed by atoms with Crippen molar-refractivity contribution in [2.75, 3.05) is 24.2 Å². The summed E-state index contributed by atoms with van der Waals surface area (Å²) in [6, 6.07) is 10.9. The van der Waals surface area contributed by atoms with Crippen LogP contribution in [-0.2, 0) is 11.2 Å². The number of hydrogen-bond donors (Lipinski definition) is 3. The Morgan fingerprint density at radius 3 is 2.88 bits per heavy atom. The molecule has 0 bridgehead atoms. The minimum Gasteiger partial charge on any atom is -0.373 e. The van der Waals surface area contributed by atoms with Gasteiger partial charge in [0.25, 0.3) is 0 Å². The van der Waals surface area contributed by atoms with E-state index >= 15 is 0 Å². The number of amides is 1. The first-order valence-corrected chi connectivity index (χ1v) is 8.94. The molecule has 6 heteroatoms. The number of hydrazine groups is 1. The van der Waals surface area contributed by atoms with Crippen LogP contribution >= 0.6 is 0 Å². The van der Waals surface area contributed by atoms with Crippen molar-refractivity contribution in [1.29, 1.82) is 0 Å². The predicted octanol–water partition coefficient (Wildman–Crippen LogP) is 2.99. The van der Waals surface area contributed by atoms with Gasteiger partial charge in [-0.05, 0) is 42.7 Å². The van der Waals surface area contributed by atoms with E-state index in [1.54, 1.807) is 6.07 Å². The zero-order valence-corrected chi connectivity index (χ0v) is 15.0. The Kier molecular flexibility index (Phi) is 4.38. The van der Waals surface area contributed by atoms with Gasteiger partial charge in [-0.3, -0.25) is 4.79 Å². The number of fused-ring (bicyclic) bond motifs is 1. The lowest BCUT2D eigenvalue weighted by molar-refractivity contribution is -0.116. The molecule has 26 heavy (non-hydrogen) atoms. The fourth-order valence-electron chi connectivity index (χ4n) is 3.75. The van der Waals surface area contributed by atoms with Crippen LogP contribution in [0.25, 0.3) is 0 Å². The van der Waals surface area contributed by atoms with Gasteiger partial charge in [-0.15, -0.1) is 0 Å². The first-order valence-electron chi connectivity index (χ1n) is 8.94. The van der Waals surface area contributed by atoms with E-state index in [0.717, 1.165) is 35.5 Å². The zero-order chi connectivity index (χ0) is 18.3. The van der Waals surface area contributed by atoms with Crippen LogP contribution in [0.5, 0.6) is 0 Å². The van der Waals surface area contributed by atoms with Crippen molar-refractivity contribution in [1.82, 2.24) is 10.4 Å². The summed E-state index contributed by atoms with van der Waals surface area (Å²) in [5, 5.41) is 8.21. The molecule has 3 N–H and O–H groups in total. The number of carbonyl (C=O) groups is 1. The molecule has 2 aliphatic rings. The van der Waals surface area contributed by atoms with Gasteiger partial charge in [-0.1, -0.05) is 18.2 Å². The maximum atomic E-state index is 14.0. The molecule has 0 saturated carbocycles. The molecule has 2 atom stereocenters. The van der Waals surface area contributed by atoms with Gasteiger partial charge in [0.15, 0.2) is 0 Å². The SMILES string of the molecule is Cc1ccc(F)c2c1NC(C(=O)Nc1cccc(C3CCN(C)N3)c1)C2. The summed E-state index contributed by atoms with van der Waals surface area (Å²) in [6.07, 6.45) is 1.40. The number of rotatable bonds is 3. The van der Waals surface area contributed by atoms with Crippen molar-refractivity contribution in [3.63, 3.8) is 0 Å². The van der Waals surface area contributed by atoms with E-state index in [4.69, 9.17) is 0 Å². The Labute approximate surface area is 152 Å². The third kappa shape index (κ3) is 3.18. The summed E-state index contributed by atoms with van der Waals surface area (Å²) in [5.74, 6) is -0.402. The molecule has 1 saturated heterocycles. The molecule has 0 aliphatic carbocycles. The number of anilines is 2. The second-order valence-electron chi connectivity index (χ2n) is 7.13. The minimum absolute atomic E-state index is 0.145. The number of carbonyl (C=O) groups excluding carboxylic acids is 1. The highest BCUT2D eigenvalue weighted by Gasteiger charge is 2.30. The first kappa shape index (κ1) is 17.0. The van der Waals surface area contributed by atoms with Crippen LogP contribution in [0.15, 0.2) is 36.4 Å². The van der Waals surface area contributed by atoms with E-state index in [2.05, 4.69) is 27.1 Å². The molecule has 2 heterocycles. The molecule has 2 unspecified atom stereocenters. The normalized spacial score (nSPS) is 22.1. The smallest absolute Gasteiger partial charge is 0.247 e. The molecule has 2 aromatic carbocycles. The molecule has 1 fully saturated rings. The van der Waals surface area contributed by atoms with Crippen molar-refractivity contribution >= 4 is 17.3 Å². The third-order valence-corrected chi connectivity index (χ3v) is 5.19. The molecule has 5 nitrogen and oxygen atoms in total. The van der Waals surface area contributed by atoms with E-state index in [1.807, 2.05) is 32.2 Å². The molecule has 2 aliphatic heterocycles. The molecule has 0 spiro atoms. The summed E-state index contributed by atoms with van der Waals surface area (Å²) in [7, 11) is 2.02. The molecule has 4 rings (SSSR count). The van der Waals surface area contributed by atoms with Gasteiger partial charge < -0.3 is 10.6 Å². The van der Waals surface area contributed by atoms with Gasteiger partial charge >= 0.3 is 0 Å².